The first kappa shape index (κ1) is 13.4. The normalized spacial score (nSPS) is 10.6. The fraction of sp³-hybridized carbons (Fsp3) is 0.154. The van der Waals surface area contributed by atoms with Gasteiger partial charge in [0.05, 0.1) is 20.5 Å². The van der Waals surface area contributed by atoms with Gasteiger partial charge in [0, 0.05) is 11.8 Å². The van der Waals surface area contributed by atoms with Gasteiger partial charge in [0.15, 0.2) is 23.0 Å². The highest BCUT2D eigenvalue weighted by Gasteiger charge is 2.10. The second-order valence-electron chi connectivity index (χ2n) is 4.14. The third-order valence-electron chi connectivity index (χ3n) is 2.90. The fourth-order valence-electron chi connectivity index (χ4n) is 1.95. The monoisotopic (exact) mass is 305 g/mol. The maximum absolute atomic E-state index is 5.89. The first-order chi connectivity index (χ1) is 10.2. The Kier molecular flexibility index (Phi) is 3.49. The van der Waals surface area contributed by atoms with Crippen LogP contribution in [0.1, 0.15) is 0 Å². The van der Waals surface area contributed by atoms with Gasteiger partial charge in [-0.2, -0.15) is 9.97 Å². The zero-order valence-electron chi connectivity index (χ0n) is 11.3. The van der Waals surface area contributed by atoms with Crippen LogP contribution in [0.15, 0.2) is 24.5 Å². The van der Waals surface area contributed by atoms with Crippen molar-refractivity contribution in [3.63, 3.8) is 0 Å². The van der Waals surface area contributed by atoms with Gasteiger partial charge in [-0.15, -0.1) is 0 Å². The number of ether oxygens (including phenoxy) is 2. The number of anilines is 2. The maximum Gasteiger partial charge on any atom is 0.226 e. The summed E-state index contributed by atoms with van der Waals surface area (Å²) >= 11 is 5.89. The summed E-state index contributed by atoms with van der Waals surface area (Å²) in [5, 5.41) is 3.28. The van der Waals surface area contributed by atoms with E-state index in [1.807, 2.05) is 6.07 Å². The van der Waals surface area contributed by atoms with Gasteiger partial charge in [0.2, 0.25) is 5.28 Å². The van der Waals surface area contributed by atoms with E-state index in [2.05, 4.69) is 25.3 Å². The van der Waals surface area contributed by atoms with Crippen molar-refractivity contribution in [1.29, 1.82) is 0 Å². The SMILES string of the molecule is COc1ccc(Nc2nc(Cl)nc3nc[nH]c23)cc1OC. The number of H-pyrrole nitrogens is 1. The lowest BCUT2D eigenvalue weighted by Crippen LogP contribution is -1.98. The molecule has 0 fully saturated rings. The number of aromatic amines is 1. The smallest absolute Gasteiger partial charge is 0.226 e. The number of fused-ring (bicyclic) bond motifs is 1. The minimum absolute atomic E-state index is 0.123. The van der Waals surface area contributed by atoms with Crippen LogP contribution in [0.5, 0.6) is 11.5 Å². The number of halogens is 1. The van der Waals surface area contributed by atoms with Gasteiger partial charge in [-0.3, -0.25) is 0 Å². The van der Waals surface area contributed by atoms with E-state index >= 15 is 0 Å². The summed E-state index contributed by atoms with van der Waals surface area (Å²) in [5.74, 6) is 1.80. The van der Waals surface area contributed by atoms with E-state index in [4.69, 9.17) is 21.1 Å². The van der Waals surface area contributed by atoms with Crippen molar-refractivity contribution in [2.24, 2.45) is 0 Å². The minimum Gasteiger partial charge on any atom is -0.493 e. The Hall–Kier alpha value is -2.54. The predicted molar refractivity (Wildman–Crippen MR) is 79.5 cm³/mol. The molecule has 2 N–H and O–H groups in total. The van der Waals surface area contributed by atoms with E-state index < -0.39 is 0 Å². The molecule has 108 valence electrons. The molecule has 2 heterocycles. The summed E-state index contributed by atoms with van der Waals surface area (Å²) in [6.45, 7) is 0. The molecule has 0 unspecified atom stereocenters. The van der Waals surface area contributed by atoms with Crippen molar-refractivity contribution in [2.45, 2.75) is 0 Å². The Morgan fingerprint density at radius 1 is 1.14 bits per heavy atom. The molecule has 0 spiro atoms. The van der Waals surface area contributed by atoms with E-state index in [1.165, 1.54) is 6.33 Å². The highest BCUT2D eigenvalue weighted by molar-refractivity contribution is 6.28. The lowest BCUT2D eigenvalue weighted by molar-refractivity contribution is 0.355. The fourth-order valence-corrected chi connectivity index (χ4v) is 2.11. The molecule has 21 heavy (non-hydrogen) atoms. The quantitative estimate of drug-likeness (QED) is 0.721. The Balaban J connectivity index is 2.00. The second kappa shape index (κ2) is 5.45. The van der Waals surface area contributed by atoms with Gasteiger partial charge in [0.1, 0.15) is 5.52 Å². The molecule has 0 aliphatic heterocycles. The van der Waals surface area contributed by atoms with Gasteiger partial charge in [0.25, 0.3) is 0 Å². The van der Waals surface area contributed by atoms with Crippen LogP contribution in [0.25, 0.3) is 11.2 Å². The predicted octanol–water partition coefficient (Wildman–Crippen LogP) is 2.77. The highest BCUT2D eigenvalue weighted by atomic mass is 35.5. The Morgan fingerprint density at radius 3 is 2.71 bits per heavy atom. The number of aromatic nitrogens is 4. The van der Waals surface area contributed by atoms with Crippen molar-refractivity contribution in [1.82, 2.24) is 19.9 Å². The lowest BCUT2D eigenvalue weighted by atomic mass is 10.2. The van der Waals surface area contributed by atoms with Crippen LogP contribution < -0.4 is 14.8 Å². The zero-order chi connectivity index (χ0) is 14.8. The van der Waals surface area contributed by atoms with Gasteiger partial charge >= 0.3 is 0 Å². The van der Waals surface area contributed by atoms with Crippen molar-refractivity contribution in [3.8, 4) is 11.5 Å². The van der Waals surface area contributed by atoms with Crippen LogP contribution >= 0.6 is 11.6 Å². The highest BCUT2D eigenvalue weighted by Crippen LogP contribution is 2.31. The molecular formula is C13H12ClN5O2. The van der Waals surface area contributed by atoms with E-state index in [9.17, 15) is 0 Å². The van der Waals surface area contributed by atoms with Crippen LogP contribution in [0.3, 0.4) is 0 Å². The molecule has 0 radical (unpaired) electrons. The number of methoxy groups -OCH3 is 2. The third-order valence-corrected chi connectivity index (χ3v) is 3.07. The Bertz CT molecular complexity index is 789. The first-order valence-electron chi connectivity index (χ1n) is 6.07. The number of hydrogen-bond acceptors (Lipinski definition) is 6. The Labute approximate surface area is 125 Å². The molecule has 1 aromatic carbocycles. The number of nitrogens with zero attached hydrogens (tertiary/aromatic N) is 3. The largest absolute Gasteiger partial charge is 0.493 e. The average molecular weight is 306 g/mol. The van der Waals surface area contributed by atoms with Crippen LogP contribution in [0, 0.1) is 0 Å². The van der Waals surface area contributed by atoms with Gasteiger partial charge in [-0.05, 0) is 23.7 Å². The molecule has 7 nitrogen and oxygen atoms in total. The summed E-state index contributed by atoms with van der Waals surface area (Å²) in [7, 11) is 3.17. The zero-order valence-corrected chi connectivity index (χ0v) is 12.1. The first-order valence-corrected chi connectivity index (χ1v) is 6.44. The molecule has 8 heteroatoms. The molecule has 0 atom stereocenters. The number of nitrogens with one attached hydrogen (secondary N) is 2. The topological polar surface area (TPSA) is 85.0 Å². The van der Waals surface area contributed by atoms with Crippen LogP contribution in [0.4, 0.5) is 11.5 Å². The Morgan fingerprint density at radius 2 is 1.95 bits per heavy atom. The van der Waals surface area contributed by atoms with Crippen molar-refractivity contribution in [3.05, 3.63) is 29.8 Å². The van der Waals surface area contributed by atoms with Gasteiger partial charge in [-0.1, -0.05) is 0 Å². The van der Waals surface area contributed by atoms with Gasteiger partial charge in [-0.25, -0.2) is 4.98 Å². The van der Waals surface area contributed by atoms with E-state index in [-0.39, 0.29) is 5.28 Å². The van der Waals surface area contributed by atoms with E-state index in [0.29, 0.717) is 28.5 Å². The summed E-state index contributed by atoms with van der Waals surface area (Å²) < 4.78 is 10.5. The summed E-state index contributed by atoms with van der Waals surface area (Å²) in [6.07, 6.45) is 1.54. The minimum atomic E-state index is 0.123. The molecule has 3 aromatic rings. The number of hydrogen-bond donors (Lipinski definition) is 2. The van der Waals surface area contributed by atoms with Crippen molar-refractivity contribution < 1.29 is 9.47 Å². The molecule has 0 aliphatic carbocycles. The average Bonchev–Trinajstić information content (AvgIpc) is 2.95. The molecule has 0 bridgehead atoms. The van der Waals surface area contributed by atoms with Crippen molar-refractivity contribution >= 4 is 34.3 Å². The number of benzene rings is 1. The summed E-state index contributed by atoms with van der Waals surface area (Å²) in [4.78, 5) is 15.2. The second-order valence-corrected chi connectivity index (χ2v) is 4.48. The lowest BCUT2D eigenvalue weighted by Gasteiger charge is -2.11. The van der Waals surface area contributed by atoms with E-state index in [0.717, 1.165) is 5.69 Å². The van der Waals surface area contributed by atoms with Crippen LogP contribution in [-0.2, 0) is 0 Å². The number of rotatable bonds is 4. The molecule has 0 amide bonds. The molecular weight excluding hydrogens is 294 g/mol. The molecule has 0 saturated heterocycles. The number of imidazole rings is 1. The maximum atomic E-state index is 5.89. The third kappa shape index (κ3) is 2.55. The van der Waals surface area contributed by atoms with Gasteiger partial charge < -0.3 is 19.8 Å². The molecule has 0 saturated carbocycles. The summed E-state index contributed by atoms with van der Waals surface area (Å²) in [5.41, 5.74) is 1.95. The molecule has 2 aromatic heterocycles. The molecule has 3 rings (SSSR count). The van der Waals surface area contributed by atoms with Crippen LogP contribution in [-0.4, -0.2) is 34.2 Å². The summed E-state index contributed by atoms with van der Waals surface area (Å²) in [6, 6.07) is 5.45. The molecule has 0 aliphatic rings. The van der Waals surface area contributed by atoms with E-state index in [1.54, 1.807) is 26.4 Å². The standard InChI is InChI=1S/C13H12ClN5O2/c1-20-8-4-3-7(5-9(8)21-2)17-12-10-11(16-6-15-10)18-13(14)19-12/h3-6H,1-2H3,(H2,15,16,17,18,19). The van der Waals surface area contributed by atoms with Crippen LogP contribution in [0.2, 0.25) is 5.28 Å². The van der Waals surface area contributed by atoms with Crippen molar-refractivity contribution in [2.75, 3.05) is 19.5 Å².